The zero-order valence-corrected chi connectivity index (χ0v) is 18.0. The monoisotopic (exact) mass is 438 g/mol. The zero-order chi connectivity index (χ0) is 23.6. The highest BCUT2D eigenvalue weighted by molar-refractivity contribution is 6.14. The minimum absolute atomic E-state index is 0.0319. The second kappa shape index (κ2) is 11.2. The number of hydrogen-bond donors (Lipinski definition) is 1. The van der Waals surface area contributed by atoms with Crippen LogP contribution in [0.25, 0.3) is 0 Å². The quantitative estimate of drug-likeness (QED) is 0.337. The normalized spacial score (nSPS) is 9.85. The van der Waals surface area contributed by atoms with Gasteiger partial charge in [0.2, 0.25) is 0 Å². The van der Waals surface area contributed by atoms with Crippen molar-refractivity contribution in [2.75, 3.05) is 7.11 Å². The second-order valence-corrected chi connectivity index (χ2v) is 6.97. The van der Waals surface area contributed by atoms with E-state index < -0.39 is 5.97 Å². The highest BCUT2D eigenvalue weighted by Gasteiger charge is 2.17. The molecule has 5 heteroatoms. The van der Waals surface area contributed by atoms with E-state index in [2.05, 4.69) is 4.74 Å². The molecule has 0 heterocycles. The van der Waals surface area contributed by atoms with Gasteiger partial charge in [-0.1, -0.05) is 78.9 Å². The number of carbonyl (C=O) groups excluding carboxylic acids is 3. The fraction of sp³-hybridized carbons (Fsp3) is 0.0357. The first kappa shape index (κ1) is 23.2. The maximum absolute atomic E-state index is 12.3. The topological polar surface area (TPSA) is 80.7 Å². The van der Waals surface area contributed by atoms with Crippen LogP contribution in [-0.2, 0) is 4.74 Å². The fourth-order valence-corrected chi connectivity index (χ4v) is 3.08. The molecule has 4 aromatic carbocycles. The van der Waals surface area contributed by atoms with Crippen molar-refractivity contribution in [2.45, 2.75) is 0 Å². The summed E-state index contributed by atoms with van der Waals surface area (Å²) in [5, 5.41) is 9.10. The standard InChI is InChI=1S/C15H12O3.C13H10O2/c1-18-15(17)13-10-6-5-9-12(13)14(16)11-7-3-2-4-8-11;14-12-8-6-11(7-9-12)13(15)10-4-2-1-3-5-10/h2-10H,1H3;1-9,14H. The molecule has 0 saturated carbocycles. The number of benzene rings is 4. The Morgan fingerprint density at radius 1 is 0.545 bits per heavy atom. The van der Waals surface area contributed by atoms with Gasteiger partial charge in [-0.2, -0.15) is 0 Å². The first-order valence-electron chi connectivity index (χ1n) is 10.2. The van der Waals surface area contributed by atoms with Gasteiger partial charge in [0, 0.05) is 22.3 Å². The van der Waals surface area contributed by atoms with Crippen molar-refractivity contribution in [3.05, 3.63) is 137 Å². The summed E-state index contributed by atoms with van der Waals surface area (Å²) in [5.74, 6) is -0.554. The Morgan fingerprint density at radius 2 is 0.970 bits per heavy atom. The van der Waals surface area contributed by atoms with Crippen LogP contribution in [0.15, 0.2) is 109 Å². The van der Waals surface area contributed by atoms with Crippen LogP contribution >= 0.6 is 0 Å². The summed E-state index contributed by atoms with van der Waals surface area (Å²) in [6.07, 6.45) is 0. The van der Waals surface area contributed by atoms with Gasteiger partial charge >= 0.3 is 5.97 Å². The summed E-state index contributed by atoms with van der Waals surface area (Å²) in [7, 11) is 1.30. The molecule has 0 unspecified atom stereocenters. The van der Waals surface area contributed by atoms with E-state index in [9.17, 15) is 14.4 Å². The van der Waals surface area contributed by atoms with Crippen LogP contribution in [0.1, 0.15) is 42.2 Å². The molecule has 0 spiro atoms. The highest BCUT2D eigenvalue weighted by atomic mass is 16.5. The summed E-state index contributed by atoms with van der Waals surface area (Å²) in [5.41, 5.74) is 2.43. The average molecular weight is 438 g/mol. The highest BCUT2D eigenvalue weighted by Crippen LogP contribution is 2.16. The Morgan fingerprint density at radius 3 is 1.48 bits per heavy atom. The molecule has 33 heavy (non-hydrogen) atoms. The molecule has 0 aliphatic heterocycles. The molecule has 0 aliphatic carbocycles. The van der Waals surface area contributed by atoms with Gasteiger partial charge in [0.25, 0.3) is 0 Å². The maximum atomic E-state index is 12.3. The third kappa shape index (κ3) is 6.02. The van der Waals surface area contributed by atoms with Crippen LogP contribution in [0.3, 0.4) is 0 Å². The molecule has 0 fully saturated rings. The Balaban J connectivity index is 0.000000189. The van der Waals surface area contributed by atoms with Gasteiger partial charge in [-0.05, 0) is 30.3 Å². The van der Waals surface area contributed by atoms with Gasteiger partial charge in [0.15, 0.2) is 11.6 Å². The maximum Gasteiger partial charge on any atom is 0.338 e. The Bertz CT molecular complexity index is 1230. The zero-order valence-electron chi connectivity index (χ0n) is 18.0. The van der Waals surface area contributed by atoms with Gasteiger partial charge in [0.05, 0.1) is 12.7 Å². The van der Waals surface area contributed by atoms with E-state index in [0.717, 1.165) is 0 Å². The van der Waals surface area contributed by atoms with E-state index in [0.29, 0.717) is 22.3 Å². The molecule has 4 rings (SSSR count). The molecule has 4 aromatic rings. The lowest BCUT2D eigenvalue weighted by Crippen LogP contribution is -2.11. The number of rotatable bonds is 5. The molecule has 0 amide bonds. The number of phenols is 1. The fourth-order valence-electron chi connectivity index (χ4n) is 3.08. The van der Waals surface area contributed by atoms with Crippen molar-refractivity contribution in [1.29, 1.82) is 0 Å². The molecule has 0 aliphatic rings. The van der Waals surface area contributed by atoms with Crippen molar-refractivity contribution in [1.82, 2.24) is 0 Å². The van der Waals surface area contributed by atoms with Gasteiger partial charge in [-0.15, -0.1) is 0 Å². The Hall–Kier alpha value is -4.51. The van der Waals surface area contributed by atoms with E-state index in [4.69, 9.17) is 5.11 Å². The molecular weight excluding hydrogens is 416 g/mol. The molecule has 0 bridgehead atoms. The van der Waals surface area contributed by atoms with Crippen LogP contribution in [0.4, 0.5) is 0 Å². The lowest BCUT2D eigenvalue weighted by molar-refractivity contribution is 0.0597. The summed E-state index contributed by atoms with van der Waals surface area (Å²) in [6, 6.07) is 30.8. The predicted octanol–water partition coefficient (Wildman–Crippen LogP) is 5.33. The average Bonchev–Trinajstić information content (AvgIpc) is 2.89. The number of phenolic OH excluding ortho intramolecular Hbond substituents is 1. The molecule has 1 N–H and O–H groups in total. The minimum Gasteiger partial charge on any atom is -0.508 e. The van der Waals surface area contributed by atoms with E-state index in [1.165, 1.54) is 19.2 Å². The SMILES string of the molecule is COC(=O)c1ccccc1C(=O)c1ccccc1.O=C(c1ccccc1)c1ccc(O)cc1. The lowest BCUT2D eigenvalue weighted by Gasteiger charge is -2.06. The number of aromatic hydroxyl groups is 1. The van der Waals surface area contributed by atoms with Crippen molar-refractivity contribution in [3.63, 3.8) is 0 Å². The van der Waals surface area contributed by atoms with E-state index in [1.54, 1.807) is 72.8 Å². The minimum atomic E-state index is -0.505. The van der Waals surface area contributed by atoms with Crippen LogP contribution in [0.5, 0.6) is 5.75 Å². The van der Waals surface area contributed by atoms with Crippen molar-refractivity contribution in [2.24, 2.45) is 0 Å². The molecule has 0 atom stereocenters. The number of carbonyl (C=O) groups is 3. The van der Waals surface area contributed by atoms with Gasteiger partial charge in [-0.25, -0.2) is 4.79 Å². The van der Waals surface area contributed by atoms with E-state index >= 15 is 0 Å². The molecule has 0 radical (unpaired) electrons. The number of ketones is 2. The molecule has 164 valence electrons. The first-order chi connectivity index (χ1) is 16.0. The predicted molar refractivity (Wildman–Crippen MR) is 126 cm³/mol. The third-order valence-corrected chi connectivity index (χ3v) is 4.78. The second-order valence-electron chi connectivity index (χ2n) is 6.97. The van der Waals surface area contributed by atoms with Gasteiger partial charge in [-0.3, -0.25) is 9.59 Å². The summed E-state index contributed by atoms with van der Waals surface area (Å²) >= 11 is 0. The molecule has 0 aromatic heterocycles. The van der Waals surface area contributed by atoms with Crippen LogP contribution in [0.2, 0.25) is 0 Å². The number of ether oxygens (including phenoxy) is 1. The summed E-state index contributed by atoms with van der Waals surface area (Å²) < 4.78 is 4.67. The van der Waals surface area contributed by atoms with E-state index in [-0.39, 0.29) is 22.9 Å². The van der Waals surface area contributed by atoms with Crippen molar-refractivity contribution in [3.8, 4) is 5.75 Å². The first-order valence-corrected chi connectivity index (χ1v) is 10.2. The number of esters is 1. The number of methoxy groups -OCH3 is 1. The smallest absolute Gasteiger partial charge is 0.338 e. The summed E-state index contributed by atoms with van der Waals surface area (Å²) in [6.45, 7) is 0. The molecular formula is C28H22O5. The van der Waals surface area contributed by atoms with Crippen LogP contribution in [0, 0.1) is 0 Å². The van der Waals surface area contributed by atoms with Crippen LogP contribution < -0.4 is 0 Å². The Kier molecular flexibility index (Phi) is 7.86. The van der Waals surface area contributed by atoms with E-state index in [1.807, 2.05) is 24.3 Å². The van der Waals surface area contributed by atoms with Gasteiger partial charge < -0.3 is 9.84 Å². The largest absolute Gasteiger partial charge is 0.508 e. The Labute approximate surface area is 191 Å². The molecule has 0 saturated heterocycles. The summed E-state index contributed by atoms with van der Waals surface area (Å²) in [4.78, 5) is 35.8. The van der Waals surface area contributed by atoms with Crippen LogP contribution in [-0.4, -0.2) is 29.8 Å². The van der Waals surface area contributed by atoms with Crippen molar-refractivity contribution < 1.29 is 24.2 Å². The molecule has 5 nitrogen and oxygen atoms in total. The van der Waals surface area contributed by atoms with Crippen molar-refractivity contribution >= 4 is 17.5 Å². The lowest BCUT2D eigenvalue weighted by atomic mass is 9.98. The number of hydrogen-bond acceptors (Lipinski definition) is 5. The van der Waals surface area contributed by atoms with Gasteiger partial charge in [0.1, 0.15) is 5.75 Å². The third-order valence-electron chi connectivity index (χ3n) is 4.78.